The summed E-state index contributed by atoms with van der Waals surface area (Å²) in [5.74, 6) is -1.30. The number of hydrogen-bond acceptors (Lipinski definition) is 6. The van der Waals surface area contributed by atoms with Gasteiger partial charge in [-0.15, -0.1) is 0 Å². The first-order valence-electron chi connectivity index (χ1n) is 11.8. The molecule has 0 radical (unpaired) electrons. The lowest BCUT2D eigenvalue weighted by molar-refractivity contribution is -0.128. The Balaban J connectivity index is 1.45. The SMILES string of the molecule is NC(=O)[C@@H](Cc1cnc2ccccc2n1)NC(=O)[C@H](Cc1ccccc1)NC(=O)OCc1ccccc1. The van der Waals surface area contributed by atoms with E-state index in [0.29, 0.717) is 16.7 Å². The van der Waals surface area contributed by atoms with Crippen molar-refractivity contribution in [1.82, 2.24) is 20.6 Å². The Morgan fingerprint density at radius 2 is 1.38 bits per heavy atom. The minimum Gasteiger partial charge on any atom is -0.445 e. The topological polar surface area (TPSA) is 136 Å². The lowest BCUT2D eigenvalue weighted by Gasteiger charge is -2.22. The predicted molar refractivity (Wildman–Crippen MR) is 138 cm³/mol. The number of para-hydroxylation sites is 2. The van der Waals surface area contributed by atoms with E-state index in [1.807, 2.05) is 84.9 Å². The maximum atomic E-state index is 13.2. The fourth-order valence-corrected chi connectivity index (χ4v) is 3.76. The van der Waals surface area contributed by atoms with E-state index in [4.69, 9.17) is 10.5 Å². The van der Waals surface area contributed by atoms with Gasteiger partial charge < -0.3 is 21.1 Å². The van der Waals surface area contributed by atoms with Gasteiger partial charge in [0.25, 0.3) is 0 Å². The maximum absolute atomic E-state index is 13.2. The van der Waals surface area contributed by atoms with Gasteiger partial charge in [-0.1, -0.05) is 72.8 Å². The quantitative estimate of drug-likeness (QED) is 0.308. The number of carbonyl (C=O) groups excluding carboxylic acids is 3. The molecule has 0 spiro atoms. The van der Waals surface area contributed by atoms with Crippen LogP contribution in [0.25, 0.3) is 11.0 Å². The van der Waals surface area contributed by atoms with E-state index in [1.54, 1.807) is 6.20 Å². The first-order chi connectivity index (χ1) is 18.0. The largest absolute Gasteiger partial charge is 0.445 e. The third kappa shape index (κ3) is 7.35. The Bertz CT molecular complexity index is 1360. The van der Waals surface area contributed by atoms with Gasteiger partial charge in [-0.2, -0.15) is 0 Å². The molecule has 0 saturated heterocycles. The van der Waals surface area contributed by atoms with Crippen LogP contribution in [0, 0.1) is 0 Å². The number of aromatic nitrogens is 2. The molecule has 3 aromatic carbocycles. The average molecular weight is 498 g/mol. The molecule has 0 unspecified atom stereocenters. The number of alkyl carbamates (subject to hydrolysis) is 1. The van der Waals surface area contributed by atoms with E-state index in [1.165, 1.54) is 0 Å². The Morgan fingerprint density at radius 3 is 2.05 bits per heavy atom. The van der Waals surface area contributed by atoms with Crippen LogP contribution in [-0.4, -0.2) is 40.0 Å². The van der Waals surface area contributed by atoms with Crippen LogP contribution in [0.2, 0.25) is 0 Å². The fourth-order valence-electron chi connectivity index (χ4n) is 3.76. The van der Waals surface area contributed by atoms with Crippen LogP contribution in [0.3, 0.4) is 0 Å². The van der Waals surface area contributed by atoms with Crippen molar-refractivity contribution in [3.63, 3.8) is 0 Å². The summed E-state index contributed by atoms with van der Waals surface area (Å²) in [6, 6.07) is 23.7. The number of nitrogens with one attached hydrogen (secondary N) is 2. The highest BCUT2D eigenvalue weighted by atomic mass is 16.5. The van der Waals surface area contributed by atoms with E-state index in [2.05, 4.69) is 20.6 Å². The molecular formula is C28H27N5O4. The van der Waals surface area contributed by atoms with Gasteiger partial charge in [-0.3, -0.25) is 14.6 Å². The van der Waals surface area contributed by atoms with Crippen molar-refractivity contribution in [3.05, 3.63) is 108 Å². The zero-order chi connectivity index (χ0) is 26.0. The van der Waals surface area contributed by atoms with Crippen molar-refractivity contribution in [2.75, 3.05) is 0 Å². The number of ether oxygens (including phenoxy) is 1. The normalized spacial score (nSPS) is 12.3. The average Bonchev–Trinajstić information content (AvgIpc) is 2.92. The van der Waals surface area contributed by atoms with Crippen LogP contribution in [0.4, 0.5) is 4.79 Å². The maximum Gasteiger partial charge on any atom is 0.408 e. The molecule has 0 aliphatic carbocycles. The molecule has 1 aromatic heterocycles. The van der Waals surface area contributed by atoms with Crippen LogP contribution >= 0.6 is 0 Å². The molecule has 2 atom stereocenters. The summed E-state index contributed by atoms with van der Waals surface area (Å²) < 4.78 is 5.30. The van der Waals surface area contributed by atoms with Crippen LogP contribution in [0.15, 0.2) is 91.1 Å². The first kappa shape index (κ1) is 25.3. The van der Waals surface area contributed by atoms with E-state index in [0.717, 1.165) is 11.1 Å². The molecule has 9 heteroatoms. The second-order valence-electron chi connectivity index (χ2n) is 8.47. The van der Waals surface area contributed by atoms with Crippen molar-refractivity contribution in [3.8, 4) is 0 Å². The lowest BCUT2D eigenvalue weighted by atomic mass is 10.0. The highest BCUT2D eigenvalue weighted by molar-refractivity contribution is 5.91. The van der Waals surface area contributed by atoms with Crippen molar-refractivity contribution < 1.29 is 19.1 Å². The highest BCUT2D eigenvalue weighted by Gasteiger charge is 2.27. The molecular weight excluding hydrogens is 470 g/mol. The van der Waals surface area contributed by atoms with Crippen LogP contribution < -0.4 is 16.4 Å². The standard InChI is InChI=1S/C28H27N5O4/c29-26(34)24(16-21-17-30-22-13-7-8-14-23(22)31-21)32-27(35)25(15-19-9-3-1-4-10-19)33-28(36)37-18-20-11-5-2-6-12-20/h1-14,17,24-25H,15-16,18H2,(H2,29,34)(H,32,35)(H,33,36)/t24-,25+/m1/s1. The zero-order valence-electron chi connectivity index (χ0n) is 20.0. The Hall–Kier alpha value is -4.79. The minimum atomic E-state index is -1.05. The second kappa shape index (κ2) is 12.3. The molecule has 37 heavy (non-hydrogen) atoms. The van der Waals surface area contributed by atoms with Gasteiger partial charge in [-0.25, -0.2) is 9.78 Å². The molecule has 0 aliphatic heterocycles. The molecule has 0 saturated carbocycles. The van der Waals surface area contributed by atoms with E-state index < -0.39 is 30.0 Å². The Morgan fingerprint density at radius 1 is 0.757 bits per heavy atom. The number of benzene rings is 3. The molecule has 188 valence electrons. The molecule has 0 fully saturated rings. The third-order valence-electron chi connectivity index (χ3n) is 5.68. The van der Waals surface area contributed by atoms with Crippen molar-refractivity contribution in [2.24, 2.45) is 5.73 Å². The van der Waals surface area contributed by atoms with E-state index in [-0.39, 0.29) is 19.4 Å². The fraction of sp³-hybridized carbons (Fsp3) is 0.179. The number of amides is 3. The van der Waals surface area contributed by atoms with Crippen LogP contribution in [-0.2, 0) is 33.8 Å². The number of fused-ring (bicyclic) bond motifs is 1. The summed E-state index contributed by atoms with van der Waals surface area (Å²) in [7, 11) is 0. The summed E-state index contributed by atoms with van der Waals surface area (Å²) in [5, 5.41) is 5.28. The second-order valence-corrected chi connectivity index (χ2v) is 8.47. The van der Waals surface area contributed by atoms with Crippen molar-refractivity contribution in [2.45, 2.75) is 31.5 Å². The van der Waals surface area contributed by atoms with Crippen LogP contribution in [0.1, 0.15) is 16.8 Å². The molecule has 9 nitrogen and oxygen atoms in total. The van der Waals surface area contributed by atoms with Gasteiger partial charge in [0.1, 0.15) is 18.7 Å². The van der Waals surface area contributed by atoms with Gasteiger partial charge >= 0.3 is 6.09 Å². The molecule has 0 aliphatic rings. The molecule has 3 amide bonds. The summed E-state index contributed by atoms with van der Waals surface area (Å²) in [6.07, 6.45) is 1.03. The molecule has 4 aromatic rings. The summed E-state index contributed by atoms with van der Waals surface area (Å²) in [4.78, 5) is 46.9. The molecule has 1 heterocycles. The van der Waals surface area contributed by atoms with E-state index >= 15 is 0 Å². The molecule has 4 rings (SSSR count). The Kier molecular flexibility index (Phi) is 8.38. The van der Waals surface area contributed by atoms with Gasteiger partial charge in [0.2, 0.25) is 11.8 Å². The third-order valence-corrected chi connectivity index (χ3v) is 5.68. The number of carbonyl (C=O) groups is 3. The monoisotopic (exact) mass is 497 g/mol. The highest BCUT2D eigenvalue weighted by Crippen LogP contribution is 2.11. The number of nitrogens with two attached hydrogens (primary N) is 1. The number of nitrogens with zero attached hydrogens (tertiary/aromatic N) is 2. The van der Waals surface area contributed by atoms with Crippen molar-refractivity contribution in [1.29, 1.82) is 0 Å². The number of primary amides is 1. The first-order valence-corrected chi connectivity index (χ1v) is 11.8. The lowest BCUT2D eigenvalue weighted by Crippen LogP contribution is -2.54. The van der Waals surface area contributed by atoms with Crippen molar-refractivity contribution >= 4 is 28.9 Å². The summed E-state index contributed by atoms with van der Waals surface area (Å²) in [6.45, 7) is 0.0525. The van der Waals surface area contributed by atoms with Gasteiger partial charge in [0, 0.05) is 19.0 Å². The van der Waals surface area contributed by atoms with Gasteiger partial charge in [0.15, 0.2) is 0 Å². The molecule has 0 bridgehead atoms. The smallest absolute Gasteiger partial charge is 0.408 e. The predicted octanol–water partition coefficient (Wildman–Crippen LogP) is 2.68. The minimum absolute atomic E-state index is 0.0510. The summed E-state index contributed by atoms with van der Waals surface area (Å²) in [5.41, 5.74) is 9.11. The molecule has 4 N–H and O–H groups in total. The van der Waals surface area contributed by atoms with Gasteiger partial charge in [0.05, 0.1) is 16.7 Å². The zero-order valence-corrected chi connectivity index (χ0v) is 20.0. The Labute approximate surface area is 214 Å². The van der Waals surface area contributed by atoms with E-state index in [9.17, 15) is 14.4 Å². The number of rotatable bonds is 10. The van der Waals surface area contributed by atoms with Crippen LogP contribution in [0.5, 0.6) is 0 Å². The van der Waals surface area contributed by atoms with Gasteiger partial charge in [-0.05, 0) is 23.3 Å². The number of hydrogen-bond donors (Lipinski definition) is 3. The summed E-state index contributed by atoms with van der Waals surface area (Å²) >= 11 is 0.